The van der Waals surface area contributed by atoms with Crippen LogP contribution in [0.4, 0.5) is 4.39 Å². The van der Waals surface area contributed by atoms with Crippen molar-refractivity contribution >= 4 is 23.5 Å². The number of amides is 1. The molecule has 0 saturated heterocycles. The van der Waals surface area contributed by atoms with Gasteiger partial charge < -0.3 is 5.32 Å². The van der Waals surface area contributed by atoms with Crippen LogP contribution >= 0.6 is 11.8 Å². The van der Waals surface area contributed by atoms with Gasteiger partial charge in [0.05, 0.1) is 22.7 Å². The summed E-state index contributed by atoms with van der Waals surface area (Å²) in [6.45, 7) is 3.41. The molecule has 26 heavy (non-hydrogen) atoms. The summed E-state index contributed by atoms with van der Waals surface area (Å²) in [7, 11) is 0. The molecule has 1 N–H and O–H groups in total. The van der Waals surface area contributed by atoms with Crippen LogP contribution in [0.15, 0.2) is 34.9 Å². The Labute approximate surface area is 155 Å². The Bertz CT molecular complexity index is 832. The summed E-state index contributed by atoms with van der Waals surface area (Å²) in [5, 5.41) is 21.7. The average Bonchev–Trinajstić information content (AvgIpc) is 2.58. The standard InChI is InChI=1S/C19H18FN3O2S/c1-19(2)14(10-21)17(25)23-18(15(19)11-22)26-9-3-4-16(24)12-5-7-13(20)8-6-12/h5-8,14H,3-4,9H2,1-2H3,(H,23,25). The molecule has 0 spiro atoms. The fourth-order valence-electron chi connectivity index (χ4n) is 2.72. The summed E-state index contributed by atoms with van der Waals surface area (Å²) < 4.78 is 12.9. The van der Waals surface area contributed by atoms with Crippen molar-refractivity contribution in [3.05, 3.63) is 46.2 Å². The van der Waals surface area contributed by atoms with Crippen molar-refractivity contribution in [1.29, 1.82) is 10.5 Å². The third-order valence-electron chi connectivity index (χ3n) is 4.29. The number of nitrogens with zero attached hydrogens (tertiary/aromatic N) is 2. The van der Waals surface area contributed by atoms with Gasteiger partial charge in [-0.15, -0.1) is 11.8 Å². The second-order valence-electron chi connectivity index (χ2n) is 6.47. The molecule has 0 aromatic heterocycles. The maximum atomic E-state index is 12.9. The molecule has 5 nitrogen and oxygen atoms in total. The van der Waals surface area contributed by atoms with Crippen LogP contribution in [0.1, 0.15) is 37.0 Å². The van der Waals surface area contributed by atoms with Crippen LogP contribution in [0.25, 0.3) is 0 Å². The summed E-state index contributed by atoms with van der Waals surface area (Å²) in [5.74, 6) is -1.28. The van der Waals surface area contributed by atoms with E-state index < -0.39 is 17.2 Å². The van der Waals surface area contributed by atoms with E-state index in [4.69, 9.17) is 0 Å². The number of allylic oxidation sites excluding steroid dienone is 1. The summed E-state index contributed by atoms with van der Waals surface area (Å²) in [6, 6.07) is 9.45. The molecule has 0 bridgehead atoms. The van der Waals surface area contributed by atoms with E-state index in [1.165, 1.54) is 36.0 Å². The molecule has 2 rings (SSSR count). The van der Waals surface area contributed by atoms with E-state index in [-0.39, 0.29) is 18.0 Å². The second-order valence-corrected chi connectivity index (χ2v) is 7.58. The number of hydrogen-bond donors (Lipinski definition) is 1. The van der Waals surface area contributed by atoms with E-state index >= 15 is 0 Å². The first kappa shape index (κ1) is 19.7. The molecule has 1 aliphatic rings. The Morgan fingerprint density at radius 2 is 1.96 bits per heavy atom. The number of nitriles is 2. The van der Waals surface area contributed by atoms with Gasteiger partial charge in [-0.2, -0.15) is 10.5 Å². The average molecular weight is 371 g/mol. The summed E-state index contributed by atoms with van der Waals surface area (Å²) in [5.41, 5.74) is -0.0335. The topological polar surface area (TPSA) is 93.8 Å². The van der Waals surface area contributed by atoms with Crippen LogP contribution in [0.5, 0.6) is 0 Å². The summed E-state index contributed by atoms with van der Waals surface area (Å²) in [6.07, 6.45) is 0.826. The van der Waals surface area contributed by atoms with Gasteiger partial charge in [0.2, 0.25) is 5.91 Å². The van der Waals surface area contributed by atoms with Gasteiger partial charge in [-0.05, 0) is 36.4 Å². The number of hydrogen-bond acceptors (Lipinski definition) is 5. The number of nitrogens with one attached hydrogen (secondary N) is 1. The van der Waals surface area contributed by atoms with Crippen molar-refractivity contribution in [2.75, 3.05) is 5.75 Å². The number of carbonyl (C=O) groups excluding carboxylic acids is 2. The molecular formula is C19H18FN3O2S. The number of thioether (sulfide) groups is 1. The predicted octanol–water partition coefficient (Wildman–Crippen LogP) is 3.55. The Morgan fingerprint density at radius 3 is 2.54 bits per heavy atom. The predicted molar refractivity (Wildman–Crippen MR) is 96.1 cm³/mol. The smallest absolute Gasteiger partial charge is 0.243 e. The SMILES string of the molecule is CC1(C)C(C#N)=C(SCCCC(=O)c2ccc(F)cc2)NC(=O)C1C#N. The van der Waals surface area contributed by atoms with Gasteiger partial charge in [0.1, 0.15) is 11.7 Å². The maximum Gasteiger partial charge on any atom is 0.243 e. The van der Waals surface area contributed by atoms with Crippen molar-refractivity contribution in [3.63, 3.8) is 0 Å². The molecule has 1 atom stereocenters. The minimum Gasteiger partial charge on any atom is -0.319 e. The fourth-order valence-corrected chi connectivity index (χ4v) is 3.84. The van der Waals surface area contributed by atoms with Gasteiger partial charge in [0, 0.05) is 17.4 Å². The highest BCUT2D eigenvalue weighted by molar-refractivity contribution is 8.03. The molecule has 1 aromatic rings. The van der Waals surface area contributed by atoms with E-state index in [1.54, 1.807) is 13.8 Å². The lowest BCUT2D eigenvalue weighted by molar-refractivity contribution is -0.125. The molecular weight excluding hydrogens is 353 g/mol. The van der Waals surface area contributed by atoms with Gasteiger partial charge in [0.15, 0.2) is 5.78 Å². The Kier molecular flexibility index (Phi) is 6.18. The molecule has 1 aromatic carbocycles. The summed E-state index contributed by atoms with van der Waals surface area (Å²) >= 11 is 1.29. The van der Waals surface area contributed by atoms with Crippen molar-refractivity contribution in [2.45, 2.75) is 26.7 Å². The normalized spacial score (nSPS) is 18.7. The van der Waals surface area contributed by atoms with Crippen molar-refractivity contribution in [2.24, 2.45) is 11.3 Å². The minimum absolute atomic E-state index is 0.0855. The zero-order valence-corrected chi connectivity index (χ0v) is 15.3. The number of benzene rings is 1. The number of ketones is 1. The van der Waals surface area contributed by atoms with Crippen molar-refractivity contribution in [1.82, 2.24) is 5.32 Å². The Morgan fingerprint density at radius 1 is 1.31 bits per heavy atom. The molecule has 1 aliphatic heterocycles. The number of carbonyl (C=O) groups is 2. The van der Waals surface area contributed by atoms with Crippen LogP contribution in [-0.4, -0.2) is 17.4 Å². The van der Waals surface area contributed by atoms with Crippen LogP contribution in [0, 0.1) is 39.8 Å². The molecule has 1 amide bonds. The molecule has 0 radical (unpaired) electrons. The van der Waals surface area contributed by atoms with E-state index in [2.05, 4.69) is 11.4 Å². The first-order valence-corrected chi connectivity index (χ1v) is 9.06. The largest absolute Gasteiger partial charge is 0.319 e. The molecule has 0 fully saturated rings. The lowest BCUT2D eigenvalue weighted by Gasteiger charge is -2.34. The lowest BCUT2D eigenvalue weighted by Crippen LogP contribution is -2.44. The van der Waals surface area contributed by atoms with Crippen LogP contribution in [0.3, 0.4) is 0 Å². The monoisotopic (exact) mass is 371 g/mol. The third kappa shape index (κ3) is 4.12. The number of Topliss-reactive ketones (excluding diaryl/α,β-unsaturated/α-hetero) is 1. The third-order valence-corrected chi connectivity index (χ3v) is 5.38. The first-order chi connectivity index (χ1) is 12.3. The second kappa shape index (κ2) is 8.16. The molecule has 1 heterocycles. The quantitative estimate of drug-likeness (QED) is 0.610. The first-order valence-electron chi connectivity index (χ1n) is 8.08. The zero-order chi connectivity index (χ0) is 19.3. The van der Waals surface area contributed by atoms with Gasteiger partial charge >= 0.3 is 0 Å². The lowest BCUT2D eigenvalue weighted by atomic mass is 9.72. The molecule has 7 heteroatoms. The molecule has 0 aliphatic carbocycles. The van der Waals surface area contributed by atoms with Crippen LogP contribution in [-0.2, 0) is 4.79 Å². The highest BCUT2D eigenvalue weighted by atomic mass is 32.2. The van der Waals surface area contributed by atoms with Gasteiger partial charge in [0.25, 0.3) is 0 Å². The van der Waals surface area contributed by atoms with Gasteiger partial charge in [-0.1, -0.05) is 13.8 Å². The Balaban J connectivity index is 1.98. The zero-order valence-electron chi connectivity index (χ0n) is 14.5. The Hall–Kier alpha value is -2.64. The highest BCUT2D eigenvalue weighted by Gasteiger charge is 2.44. The van der Waals surface area contributed by atoms with Crippen LogP contribution in [0.2, 0.25) is 0 Å². The molecule has 134 valence electrons. The number of rotatable bonds is 6. The minimum atomic E-state index is -0.915. The van der Waals surface area contributed by atoms with E-state index in [0.717, 1.165) is 0 Å². The van der Waals surface area contributed by atoms with Crippen molar-refractivity contribution in [3.8, 4) is 12.1 Å². The number of halogens is 1. The highest BCUT2D eigenvalue weighted by Crippen LogP contribution is 2.41. The molecule has 0 saturated carbocycles. The van der Waals surface area contributed by atoms with Crippen molar-refractivity contribution < 1.29 is 14.0 Å². The molecule has 1 unspecified atom stereocenters. The summed E-state index contributed by atoms with van der Waals surface area (Å²) in [4.78, 5) is 24.2. The fraction of sp³-hybridized carbons (Fsp3) is 0.368. The van der Waals surface area contributed by atoms with E-state index in [9.17, 15) is 24.5 Å². The van der Waals surface area contributed by atoms with E-state index in [1.807, 2.05) is 6.07 Å². The maximum absolute atomic E-state index is 12.9. The van der Waals surface area contributed by atoms with Gasteiger partial charge in [-0.25, -0.2) is 4.39 Å². The van der Waals surface area contributed by atoms with Gasteiger partial charge in [-0.3, -0.25) is 9.59 Å². The van der Waals surface area contributed by atoms with E-state index in [0.29, 0.717) is 28.3 Å². The van der Waals surface area contributed by atoms with Crippen LogP contribution < -0.4 is 5.32 Å².